The normalized spacial score (nSPS) is 16.0. The molecule has 3 aromatic rings. The fraction of sp³-hybridized carbons (Fsp3) is 0.316. The van der Waals surface area contributed by atoms with Gasteiger partial charge in [0.15, 0.2) is 5.82 Å². The third kappa shape index (κ3) is 3.18. The van der Waals surface area contributed by atoms with Gasteiger partial charge in [-0.15, -0.1) is 0 Å². The number of benzene rings is 1. The van der Waals surface area contributed by atoms with Gasteiger partial charge in [0.05, 0.1) is 24.0 Å². The summed E-state index contributed by atoms with van der Waals surface area (Å²) < 4.78 is 1.97. The number of hydrogen-bond acceptors (Lipinski definition) is 6. The lowest BCUT2D eigenvalue weighted by Crippen LogP contribution is -2.43. The molecule has 1 saturated heterocycles. The molecule has 1 fully saturated rings. The molecule has 7 heteroatoms. The Hall–Kier alpha value is -2.77. The van der Waals surface area contributed by atoms with Gasteiger partial charge in [0.1, 0.15) is 12.1 Å². The summed E-state index contributed by atoms with van der Waals surface area (Å²) in [5.74, 6) is 1.64. The molecule has 0 spiro atoms. The van der Waals surface area contributed by atoms with E-state index in [9.17, 15) is 9.90 Å². The van der Waals surface area contributed by atoms with Crippen molar-refractivity contribution < 1.29 is 9.90 Å². The maximum atomic E-state index is 10.6. The number of piperazine rings is 1. The van der Waals surface area contributed by atoms with E-state index in [4.69, 9.17) is 0 Å². The van der Waals surface area contributed by atoms with Crippen LogP contribution in [0.2, 0.25) is 0 Å². The number of hydrogen-bond donors (Lipinski definition) is 2. The van der Waals surface area contributed by atoms with Gasteiger partial charge in [0, 0.05) is 44.2 Å². The van der Waals surface area contributed by atoms with Crippen LogP contribution in [-0.4, -0.2) is 52.1 Å². The number of aldehydes is 1. The number of nitrogens with one attached hydrogen (secondary N) is 1. The minimum Gasteiger partial charge on any atom is -0.388 e. The SMILES string of the molecule is O=CCC(O)c1ccc2c(ccn2-c2cnc(N3CCNCC3)cn2)c1. The van der Waals surface area contributed by atoms with Gasteiger partial charge in [-0.1, -0.05) is 6.07 Å². The zero-order chi connectivity index (χ0) is 17.9. The van der Waals surface area contributed by atoms with Gasteiger partial charge < -0.3 is 20.1 Å². The number of aliphatic hydroxyl groups excluding tert-OH is 1. The molecule has 1 aliphatic heterocycles. The van der Waals surface area contributed by atoms with Crippen molar-refractivity contribution in [3.63, 3.8) is 0 Å². The maximum Gasteiger partial charge on any atom is 0.155 e. The first-order valence-electron chi connectivity index (χ1n) is 8.77. The van der Waals surface area contributed by atoms with E-state index in [1.165, 1.54) is 0 Å². The number of nitrogens with zero attached hydrogens (tertiary/aromatic N) is 4. The fourth-order valence-corrected chi connectivity index (χ4v) is 3.29. The Bertz CT molecular complexity index is 900. The highest BCUT2D eigenvalue weighted by atomic mass is 16.3. The second-order valence-electron chi connectivity index (χ2n) is 6.39. The molecule has 3 heterocycles. The lowest BCUT2D eigenvalue weighted by atomic mass is 10.1. The van der Waals surface area contributed by atoms with E-state index < -0.39 is 6.10 Å². The molecule has 26 heavy (non-hydrogen) atoms. The van der Waals surface area contributed by atoms with Gasteiger partial charge in [-0.2, -0.15) is 0 Å². The van der Waals surface area contributed by atoms with Crippen molar-refractivity contribution in [1.82, 2.24) is 19.9 Å². The molecule has 0 saturated carbocycles. The van der Waals surface area contributed by atoms with Crippen LogP contribution in [0.4, 0.5) is 5.82 Å². The van der Waals surface area contributed by atoms with Crippen molar-refractivity contribution in [3.8, 4) is 5.82 Å². The van der Waals surface area contributed by atoms with E-state index in [-0.39, 0.29) is 6.42 Å². The van der Waals surface area contributed by atoms with E-state index in [1.54, 1.807) is 6.20 Å². The van der Waals surface area contributed by atoms with Crippen LogP contribution in [-0.2, 0) is 4.79 Å². The molecule has 0 radical (unpaired) electrons. The fourth-order valence-electron chi connectivity index (χ4n) is 3.29. The van der Waals surface area contributed by atoms with Crippen LogP contribution in [0, 0.1) is 0 Å². The van der Waals surface area contributed by atoms with Gasteiger partial charge in [0.25, 0.3) is 0 Å². The van der Waals surface area contributed by atoms with Crippen LogP contribution in [0.15, 0.2) is 42.9 Å². The quantitative estimate of drug-likeness (QED) is 0.677. The third-order valence-electron chi connectivity index (χ3n) is 4.73. The van der Waals surface area contributed by atoms with Gasteiger partial charge in [-0.05, 0) is 23.8 Å². The summed E-state index contributed by atoms with van der Waals surface area (Å²) in [6, 6.07) is 7.65. The number of anilines is 1. The van der Waals surface area contributed by atoms with Gasteiger partial charge in [0.2, 0.25) is 0 Å². The zero-order valence-corrected chi connectivity index (χ0v) is 14.4. The molecule has 1 atom stereocenters. The summed E-state index contributed by atoms with van der Waals surface area (Å²) in [5, 5.41) is 14.3. The van der Waals surface area contributed by atoms with Crippen molar-refractivity contribution in [2.24, 2.45) is 0 Å². The van der Waals surface area contributed by atoms with Crippen molar-refractivity contribution in [2.45, 2.75) is 12.5 Å². The minimum absolute atomic E-state index is 0.102. The smallest absolute Gasteiger partial charge is 0.155 e. The Labute approximate surface area is 151 Å². The second kappa shape index (κ2) is 7.23. The third-order valence-corrected chi connectivity index (χ3v) is 4.73. The first-order chi connectivity index (χ1) is 12.8. The Morgan fingerprint density at radius 1 is 1.15 bits per heavy atom. The zero-order valence-electron chi connectivity index (χ0n) is 14.4. The number of carbonyl (C=O) groups is 1. The summed E-state index contributed by atoms with van der Waals surface area (Å²) in [6.45, 7) is 3.80. The Balaban J connectivity index is 1.61. The Kier molecular flexibility index (Phi) is 4.64. The molecular weight excluding hydrogens is 330 g/mol. The van der Waals surface area contributed by atoms with E-state index in [0.717, 1.165) is 60.6 Å². The summed E-state index contributed by atoms with van der Waals surface area (Å²) in [4.78, 5) is 22.0. The molecule has 0 bridgehead atoms. The summed E-state index contributed by atoms with van der Waals surface area (Å²) in [7, 11) is 0. The van der Waals surface area contributed by atoms with E-state index >= 15 is 0 Å². The molecule has 2 aromatic heterocycles. The van der Waals surface area contributed by atoms with E-state index in [1.807, 2.05) is 41.2 Å². The van der Waals surface area contributed by atoms with Crippen LogP contribution in [0.25, 0.3) is 16.7 Å². The molecule has 0 aliphatic carbocycles. The highest BCUT2D eigenvalue weighted by Crippen LogP contribution is 2.25. The monoisotopic (exact) mass is 351 g/mol. The largest absolute Gasteiger partial charge is 0.388 e. The number of aromatic nitrogens is 3. The molecule has 1 unspecified atom stereocenters. The highest BCUT2D eigenvalue weighted by Gasteiger charge is 2.13. The first kappa shape index (κ1) is 16.7. The van der Waals surface area contributed by atoms with Crippen LogP contribution >= 0.6 is 0 Å². The van der Waals surface area contributed by atoms with Gasteiger partial charge >= 0.3 is 0 Å². The number of fused-ring (bicyclic) bond motifs is 1. The van der Waals surface area contributed by atoms with E-state index in [0.29, 0.717) is 0 Å². The standard InChI is InChI=1S/C19H21N5O2/c25-10-4-17(26)15-1-2-16-14(11-15)3-7-24(16)19-13-21-18(12-22-19)23-8-5-20-6-9-23/h1-3,7,10-13,17,20,26H,4-6,8-9H2. The lowest BCUT2D eigenvalue weighted by Gasteiger charge is -2.28. The predicted octanol–water partition coefficient (Wildman–Crippen LogP) is 1.45. The Morgan fingerprint density at radius 3 is 2.65 bits per heavy atom. The maximum absolute atomic E-state index is 10.6. The van der Waals surface area contributed by atoms with Crippen LogP contribution in [0.3, 0.4) is 0 Å². The first-order valence-corrected chi connectivity index (χ1v) is 8.77. The van der Waals surface area contributed by atoms with Crippen molar-refractivity contribution in [1.29, 1.82) is 0 Å². The predicted molar refractivity (Wildman–Crippen MR) is 99.6 cm³/mol. The van der Waals surface area contributed by atoms with Crippen LogP contribution in [0.5, 0.6) is 0 Å². The van der Waals surface area contributed by atoms with Crippen molar-refractivity contribution in [3.05, 3.63) is 48.4 Å². The number of carbonyl (C=O) groups excluding carboxylic acids is 1. The van der Waals surface area contributed by atoms with Gasteiger partial charge in [-0.3, -0.25) is 4.57 Å². The number of aliphatic hydroxyl groups is 1. The van der Waals surface area contributed by atoms with Gasteiger partial charge in [-0.25, -0.2) is 9.97 Å². The highest BCUT2D eigenvalue weighted by molar-refractivity contribution is 5.82. The average molecular weight is 351 g/mol. The molecule has 1 aliphatic rings. The van der Waals surface area contributed by atoms with Crippen LogP contribution in [0.1, 0.15) is 18.1 Å². The molecule has 134 valence electrons. The minimum atomic E-state index is -0.765. The summed E-state index contributed by atoms with van der Waals surface area (Å²) in [6.07, 6.45) is 5.61. The molecular formula is C19H21N5O2. The number of rotatable bonds is 5. The molecule has 4 rings (SSSR count). The molecule has 7 nitrogen and oxygen atoms in total. The van der Waals surface area contributed by atoms with Crippen molar-refractivity contribution >= 4 is 23.0 Å². The summed E-state index contributed by atoms with van der Waals surface area (Å²) >= 11 is 0. The Morgan fingerprint density at radius 2 is 1.92 bits per heavy atom. The van der Waals surface area contributed by atoms with Crippen LogP contribution < -0.4 is 10.2 Å². The summed E-state index contributed by atoms with van der Waals surface area (Å²) in [5.41, 5.74) is 1.72. The second-order valence-corrected chi connectivity index (χ2v) is 6.39. The molecule has 1 aromatic carbocycles. The van der Waals surface area contributed by atoms with E-state index in [2.05, 4.69) is 20.2 Å². The topological polar surface area (TPSA) is 83.3 Å². The average Bonchev–Trinajstić information content (AvgIpc) is 3.12. The molecule has 0 amide bonds. The molecule has 2 N–H and O–H groups in total. The lowest BCUT2D eigenvalue weighted by molar-refractivity contribution is -0.109. The van der Waals surface area contributed by atoms with Crippen molar-refractivity contribution in [2.75, 3.05) is 31.1 Å².